The van der Waals surface area contributed by atoms with Gasteiger partial charge in [-0.05, 0) is 38.5 Å². The normalized spacial score (nSPS) is 11.5. The second-order valence-electron chi connectivity index (χ2n) is 8.20. The van der Waals surface area contributed by atoms with E-state index in [4.69, 9.17) is 9.15 Å². The van der Waals surface area contributed by atoms with E-state index in [2.05, 4.69) is 10.6 Å². The van der Waals surface area contributed by atoms with Gasteiger partial charge in [0.2, 0.25) is 5.78 Å². The van der Waals surface area contributed by atoms with Gasteiger partial charge in [0.05, 0.1) is 12.9 Å². The fraction of sp³-hybridized carbons (Fsp3) is 0.179. The quantitative estimate of drug-likeness (QED) is 0.169. The van der Waals surface area contributed by atoms with E-state index in [-0.39, 0.29) is 18.2 Å². The van der Waals surface area contributed by atoms with Gasteiger partial charge in [-0.3, -0.25) is 9.59 Å². The number of esters is 1. The first-order valence-corrected chi connectivity index (χ1v) is 12.3. The minimum Gasteiger partial charge on any atom is -0.462 e. The number of Topliss-reactive ketones (excluding diaryl/α,β-unsaturated/α-hetero) is 1. The molecule has 8 heteroatoms. The average molecular weight is 503 g/mol. The summed E-state index contributed by atoms with van der Waals surface area (Å²) in [5.74, 6) is -1.38. The summed E-state index contributed by atoms with van der Waals surface area (Å²) in [6, 6.07) is 17.9. The molecule has 4 aromatic rings. The molecule has 2 N–H and O–H groups in total. The Hall–Kier alpha value is -4.17. The molecule has 0 saturated heterocycles. The number of ketones is 1. The van der Waals surface area contributed by atoms with Crippen molar-refractivity contribution in [2.24, 2.45) is 0 Å². The molecular formula is C28H26N2O5S. The summed E-state index contributed by atoms with van der Waals surface area (Å²) >= 11 is 1.26. The van der Waals surface area contributed by atoms with E-state index in [9.17, 15) is 14.4 Å². The first-order chi connectivity index (χ1) is 17.4. The number of anilines is 1. The maximum Gasteiger partial charge on any atom is 0.341 e. The summed E-state index contributed by atoms with van der Waals surface area (Å²) < 4.78 is 10.5. The summed E-state index contributed by atoms with van der Waals surface area (Å²) in [4.78, 5) is 39.3. The zero-order valence-corrected chi connectivity index (χ0v) is 21.0. The van der Waals surface area contributed by atoms with Gasteiger partial charge in [-0.1, -0.05) is 59.7 Å². The number of carbonyl (C=O) groups excluding carboxylic acids is 3. The Morgan fingerprint density at radius 1 is 0.972 bits per heavy atom. The molecule has 0 aliphatic heterocycles. The third kappa shape index (κ3) is 5.55. The largest absolute Gasteiger partial charge is 0.462 e. The summed E-state index contributed by atoms with van der Waals surface area (Å²) in [6.45, 7) is 5.84. The van der Waals surface area contributed by atoms with Crippen LogP contribution in [-0.2, 0) is 4.74 Å². The monoisotopic (exact) mass is 502 g/mol. The number of furan rings is 1. The molecule has 0 fully saturated rings. The summed E-state index contributed by atoms with van der Waals surface area (Å²) in [5, 5.41) is 8.03. The van der Waals surface area contributed by atoms with Gasteiger partial charge >= 0.3 is 5.97 Å². The summed E-state index contributed by atoms with van der Waals surface area (Å²) in [5.41, 5.74) is 4.33. The van der Waals surface area contributed by atoms with E-state index in [1.165, 1.54) is 23.7 Å². The van der Waals surface area contributed by atoms with Gasteiger partial charge < -0.3 is 19.8 Å². The molecule has 0 bridgehead atoms. The second kappa shape index (κ2) is 11.0. The van der Waals surface area contributed by atoms with Crippen LogP contribution in [0.1, 0.15) is 49.3 Å². The van der Waals surface area contributed by atoms with E-state index in [0.29, 0.717) is 21.7 Å². The van der Waals surface area contributed by atoms with Gasteiger partial charge in [-0.15, -0.1) is 11.3 Å². The molecule has 0 saturated carbocycles. The number of hydrogen-bond donors (Lipinski definition) is 2. The van der Waals surface area contributed by atoms with Crippen molar-refractivity contribution in [1.82, 2.24) is 5.32 Å². The minimum absolute atomic E-state index is 0.0654. The maximum atomic E-state index is 13.5. The third-order valence-corrected chi connectivity index (χ3v) is 6.44. The van der Waals surface area contributed by atoms with Crippen LogP contribution >= 0.6 is 11.3 Å². The fourth-order valence-corrected chi connectivity index (χ4v) is 4.60. The number of rotatable bonds is 9. The molecule has 36 heavy (non-hydrogen) atoms. The van der Waals surface area contributed by atoms with E-state index in [1.807, 2.05) is 55.6 Å². The number of carbonyl (C=O) groups is 3. The highest BCUT2D eigenvalue weighted by Gasteiger charge is 2.28. The standard InChI is InChI=1S/C28H26N2O5S/c1-4-34-28(33)23-21(19-11-7-17(2)8-12-19)16-36-27(23)30-25(29-26(32)22-6-5-15-35-22)24(31)20-13-9-18(3)10-14-20/h5-16,25,30H,4H2,1-3H3,(H,29,32). The third-order valence-electron chi connectivity index (χ3n) is 5.53. The van der Waals surface area contributed by atoms with Crippen molar-refractivity contribution in [2.75, 3.05) is 11.9 Å². The van der Waals surface area contributed by atoms with Crippen LogP contribution in [0.5, 0.6) is 0 Å². The molecule has 7 nitrogen and oxygen atoms in total. The van der Waals surface area contributed by atoms with Crippen LogP contribution in [-0.4, -0.2) is 30.4 Å². The topological polar surface area (TPSA) is 97.6 Å². The molecule has 0 aliphatic rings. The van der Waals surface area contributed by atoms with Gasteiger partial charge in [-0.25, -0.2) is 4.79 Å². The average Bonchev–Trinajstić information content (AvgIpc) is 3.55. The molecule has 0 spiro atoms. The number of amides is 1. The number of aryl methyl sites for hydroxylation is 2. The zero-order chi connectivity index (χ0) is 25.7. The number of benzene rings is 2. The number of nitrogens with one attached hydrogen (secondary N) is 2. The lowest BCUT2D eigenvalue weighted by atomic mass is 10.0. The van der Waals surface area contributed by atoms with E-state index in [1.54, 1.807) is 25.1 Å². The van der Waals surface area contributed by atoms with Crippen LogP contribution in [0.3, 0.4) is 0 Å². The fourth-order valence-electron chi connectivity index (χ4n) is 3.61. The Kier molecular flexibility index (Phi) is 7.65. The highest BCUT2D eigenvalue weighted by molar-refractivity contribution is 7.15. The highest BCUT2D eigenvalue weighted by atomic mass is 32.1. The second-order valence-corrected chi connectivity index (χ2v) is 9.08. The SMILES string of the molecule is CCOC(=O)c1c(-c2ccc(C)cc2)csc1NC(NC(=O)c1ccco1)C(=O)c1ccc(C)cc1. The van der Waals surface area contributed by atoms with E-state index >= 15 is 0 Å². The van der Waals surface area contributed by atoms with Crippen molar-refractivity contribution in [2.45, 2.75) is 26.9 Å². The van der Waals surface area contributed by atoms with Crippen molar-refractivity contribution in [3.05, 3.63) is 100 Å². The van der Waals surface area contributed by atoms with Crippen LogP contribution < -0.4 is 10.6 Å². The van der Waals surface area contributed by atoms with Crippen LogP contribution in [0, 0.1) is 13.8 Å². The van der Waals surface area contributed by atoms with Crippen LogP contribution in [0.15, 0.2) is 76.7 Å². The first-order valence-electron chi connectivity index (χ1n) is 11.4. The van der Waals surface area contributed by atoms with Crippen LogP contribution in [0.4, 0.5) is 5.00 Å². The molecule has 2 aromatic heterocycles. The lowest BCUT2D eigenvalue weighted by Crippen LogP contribution is -2.46. The van der Waals surface area contributed by atoms with Gasteiger partial charge in [0.1, 0.15) is 10.6 Å². The Labute approximate surface area is 213 Å². The summed E-state index contributed by atoms with van der Waals surface area (Å²) in [6.07, 6.45) is 0.216. The van der Waals surface area contributed by atoms with Crippen molar-refractivity contribution in [3.63, 3.8) is 0 Å². The first kappa shape index (κ1) is 24.9. The number of thiophene rings is 1. The van der Waals surface area contributed by atoms with Crippen LogP contribution in [0.25, 0.3) is 11.1 Å². The van der Waals surface area contributed by atoms with Gasteiger partial charge in [0.25, 0.3) is 5.91 Å². The predicted molar refractivity (Wildman–Crippen MR) is 140 cm³/mol. The Morgan fingerprint density at radius 3 is 2.25 bits per heavy atom. The van der Waals surface area contributed by atoms with Crippen molar-refractivity contribution in [1.29, 1.82) is 0 Å². The predicted octanol–water partition coefficient (Wildman–Crippen LogP) is 5.85. The lowest BCUT2D eigenvalue weighted by Gasteiger charge is -2.20. The Morgan fingerprint density at radius 2 is 1.64 bits per heavy atom. The molecule has 2 heterocycles. The molecule has 0 aliphatic carbocycles. The molecule has 1 unspecified atom stereocenters. The molecule has 2 aromatic carbocycles. The van der Waals surface area contributed by atoms with Gasteiger partial charge in [-0.2, -0.15) is 0 Å². The van der Waals surface area contributed by atoms with E-state index in [0.717, 1.165) is 16.7 Å². The molecule has 0 radical (unpaired) electrons. The summed E-state index contributed by atoms with van der Waals surface area (Å²) in [7, 11) is 0. The highest BCUT2D eigenvalue weighted by Crippen LogP contribution is 2.37. The molecule has 1 atom stereocenters. The van der Waals surface area contributed by atoms with Crippen molar-refractivity contribution >= 4 is 34.0 Å². The van der Waals surface area contributed by atoms with Gasteiger partial charge in [0, 0.05) is 16.5 Å². The number of hydrogen-bond acceptors (Lipinski definition) is 7. The smallest absolute Gasteiger partial charge is 0.341 e. The van der Waals surface area contributed by atoms with Crippen molar-refractivity contribution < 1.29 is 23.5 Å². The maximum absolute atomic E-state index is 13.5. The molecule has 1 amide bonds. The Bertz CT molecular complexity index is 1360. The lowest BCUT2D eigenvalue weighted by molar-refractivity contribution is 0.0528. The Balaban J connectivity index is 1.72. The van der Waals surface area contributed by atoms with Gasteiger partial charge in [0.15, 0.2) is 11.9 Å². The minimum atomic E-state index is -1.16. The molecule has 184 valence electrons. The van der Waals surface area contributed by atoms with Crippen molar-refractivity contribution in [3.8, 4) is 11.1 Å². The van der Waals surface area contributed by atoms with Crippen LogP contribution in [0.2, 0.25) is 0 Å². The zero-order valence-electron chi connectivity index (χ0n) is 20.2. The van der Waals surface area contributed by atoms with E-state index < -0.39 is 18.0 Å². The molecular weight excluding hydrogens is 476 g/mol. The number of ether oxygens (including phenoxy) is 1. The molecule has 4 rings (SSSR count).